The molecule has 3 nitrogen and oxygen atoms in total. The number of piperidine rings is 2. The zero-order chi connectivity index (χ0) is 19.3. The van der Waals surface area contributed by atoms with E-state index in [1.807, 2.05) is 0 Å². The number of hydrogen-bond donors (Lipinski definition) is 0. The molecular formula is C25H36N2O. The van der Waals surface area contributed by atoms with Crippen LogP contribution in [0.15, 0.2) is 35.9 Å². The van der Waals surface area contributed by atoms with Crippen molar-refractivity contribution >= 4 is 12.0 Å². The molecular weight excluding hydrogens is 344 g/mol. The van der Waals surface area contributed by atoms with E-state index in [2.05, 4.69) is 53.1 Å². The van der Waals surface area contributed by atoms with Gasteiger partial charge in [-0.3, -0.25) is 9.69 Å². The smallest absolute Gasteiger partial charge is 0.222 e. The number of fused-ring (bicyclic) bond motifs is 1. The van der Waals surface area contributed by atoms with Crippen LogP contribution < -0.4 is 0 Å². The van der Waals surface area contributed by atoms with E-state index in [1.165, 1.54) is 43.2 Å². The highest BCUT2D eigenvalue weighted by Gasteiger charge is 2.39. The third-order valence-corrected chi connectivity index (χ3v) is 7.09. The molecule has 0 N–H and O–H groups in total. The molecule has 2 aliphatic heterocycles. The summed E-state index contributed by atoms with van der Waals surface area (Å²) < 4.78 is 0. The fraction of sp³-hybridized carbons (Fsp3) is 0.640. The van der Waals surface area contributed by atoms with Crippen molar-refractivity contribution in [2.75, 3.05) is 26.2 Å². The van der Waals surface area contributed by atoms with Gasteiger partial charge >= 0.3 is 0 Å². The number of benzene rings is 1. The van der Waals surface area contributed by atoms with Gasteiger partial charge in [-0.25, -0.2) is 0 Å². The second-order valence-corrected chi connectivity index (χ2v) is 9.34. The van der Waals surface area contributed by atoms with Gasteiger partial charge in [0.05, 0.1) is 0 Å². The summed E-state index contributed by atoms with van der Waals surface area (Å²) in [5, 5.41) is 0. The molecule has 2 saturated heterocycles. The molecule has 3 aliphatic rings. The standard InChI is InChI=1S/C25H36N2O/c1-20(16-21-8-4-2-5-9-21)17-26-15-14-24-23(19-26)12-13-25(28)27(24)18-22-10-6-3-7-11-22/h2,4-5,8-9,16,22-24H,3,6-7,10-15,17-19H2,1H3/b20-16+/t23-,24+/m1/s1. The Labute approximate surface area is 170 Å². The van der Waals surface area contributed by atoms with E-state index in [0.717, 1.165) is 51.4 Å². The molecule has 0 radical (unpaired) electrons. The van der Waals surface area contributed by atoms with Crippen molar-refractivity contribution in [3.8, 4) is 0 Å². The second-order valence-electron chi connectivity index (χ2n) is 9.34. The van der Waals surface area contributed by atoms with E-state index in [1.54, 1.807) is 0 Å². The molecule has 0 aromatic heterocycles. The zero-order valence-electron chi connectivity index (χ0n) is 17.5. The molecule has 4 rings (SSSR count). The van der Waals surface area contributed by atoms with Gasteiger partial charge in [0.25, 0.3) is 0 Å². The van der Waals surface area contributed by atoms with Crippen molar-refractivity contribution in [3.63, 3.8) is 0 Å². The molecule has 1 amide bonds. The van der Waals surface area contributed by atoms with Gasteiger partial charge in [-0.1, -0.05) is 61.2 Å². The summed E-state index contributed by atoms with van der Waals surface area (Å²) in [5.41, 5.74) is 2.72. The van der Waals surface area contributed by atoms with Crippen molar-refractivity contribution in [1.82, 2.24) is 9.80 Å². The van der Waals surface area contributed by atoms with Gasteiger partial charge in [0, 0.05) is 38.6 Å². The van der Waals surface area contributed by atoms with Crippen molar-refractivity contribution in [1.29, 1.82) is 0 Å². The Hall–Kier alpha value is -1.61. The molecule has 0 unspecified atom stereocenters. The third kappa shape index (κ3) is 4.86. The zero-order valence-corrected chi connectivity index (χ0v) is 17.5. The molecule has 2 atom stereocenters. The molecule has 2 heterocycles. The Morgan fingerprint density at radius 1 is 1.07 bits per heavy atom. The average molecular weight is 381 g/mol. The van der Waals surface area contributed by atoms with E-state index in [-0.39, 0.29) is 0 Å². The first-order chi connectivity index (χ1) is 13.7. The molecule has 0 bridgehead atoms. The van der Waals surface area contributed by atoms with Crippen molar-refractivity contribution < 1.29 is 4.79 Å². The fourth-order valence-corrected chi connectivity index (χ4v) is 5.69. The van der Waals surface area contributed by atoms with Crippen LogP contribution in [-0.4, -0.2) is 47.9 Å². The summed E-state index contributed by atoms with van der Waals surface area (Å²) in [4.78, 5) is 17.6. The second kappa shape index (κ2) is 9.26. The lowest BCUT2D eigenvalue weighted by Gasteiger charge is -2.48. The summed E-state index contributed by atoms with van der Waals surface area (Å²) in [7, 11) is 0. The first kappa shape index (κ1) is 19.7. The van der Waals surface area contributed by atoms with Gasteiger partial charge in [0.1, 0.15) is 0 Å². The number of rotatable bonds is 5. The first-order valence-electron chi connectivity index (χ1n) is 11.4. The number of hydrogen-bond acceptors (Lipinski definition) is 2. The molecule has 3 heteroatoms. The topological polar surface area (TPSA) is 23.6 Å². The molecule has 0 spiro atoms. The van der Waals surface area contributed by atoms with Crippen LogP contribution in [0.25, 0.3) is 6.08 Å². The number of amides is 1. The lowest BCUT2D eigenvalue weighted by molar-refractivity contribution is -0.142. The Morgan fingerprint density at radius 2 is 1.86 bits per heavy atom. The number of nitrogens with zero attached hydrogens (tertiary/aromatic N) is 2. The molecule has 1 aromatic rings. The van der Waals surface area contributed by atoms with Crippen LogP contribution >= 0.6 is 0 Å². The number of carbonyl (C=O) groups is 1. The SMILES string of the molecule is C/C(=C\c1ccccc1)CN1CC[C@H]2[C@H](CCC(=O)N2CC2CCCCC2)C1. The molecule has 28 heavy (non-hydrogen) atoms. The predicted octanol–water partition coefficient (Wildman–Crippen LogP) is 4.98. The molecule has 1 aromatic carbocycles. The van der Waals surface area contributed by atoms with Crippen molar-refractivity contribution in [2.45, 2.75) is 64.3 Å². The number of carbonyl (C=O) groups excluding carboxylic acids is 1. The van der Waals surface area contributed by atoms with E-state index >= 15 is 0 Å². The van der Waals surface area contributed by atoms with Gasteiger partial charge in [-0.05, 0) is 50.0 Å². The molecule has 3 fully saturated rings. The normalized spacial score (nSPS) is 27.7. The monoisotopic (exact) mass is 380 g/mol. The summed E-state index contributed by atoms with van der Waals surface area (Å²) in [6, 6.07) is 11.1. The van der Waals surface area contributed by atoms with Gasteiger partial charge in [-0.2, -0.15) is 0 Å². The maximum Gasteiger partial charge on any atom is 0.222 e. The number of likely N-dealkylation sites (tertiary alicyclic amines) is 2. The maximum atomic E-state index is 12.7. The van der Waals surface area contributed by atoms with Crippen molar-refractivity contribution in [2.24, 2.45) is 11.8 Å². The average Bonchev–Trinajstić information content (AvgIpc) is 2.71. The van der Waals surface area contributed by atoms with Crippen molar-refractivity contribution in [3.05, 3.63) is 41.5 Å². The minimum atomic E-state index is 0.431. The first-order valence-corrected chi connectivity index (χ1v) is 11.4. The van der Waals surface area contributed by atoms with Crippen LogP contribution in [0.5, 0.6) is 0 Å². The Bertz CT molecular complexity index is 677. The summed E-state index contributed by atoms with van der Waals surface area (Å²) >= 11 is 0. The van der Waals surface area contributed by atoms with Crippen LogP contribution in [-0.2, 0) is 4.79 Å². The van der Waals surface area contributed by atoms with Gasteiger partial charge < -0.3 is 4.90 Å². The highest BCUT2D eigenvalue weighted by atomic mass is 16.2. The molecule has 1 aliphatic carbocycles. The van der Waals surface area contributed by atoms with Gasteiger partial charge in [-0.15, -0.1) is 0 Å². The minimum absolute atomic E-state index is 0.431. The van der Waals surface area contributed by atoms with Crippen LogP contribution in [0.4, 0.5) is 0 Å². The maximum absolute atomic E-state index is 12.7. The molecule has 152 valence electrons. The van der Waals surface area contributed by atoms with Gasteiger partial charge in [0.2, 0.25) is 5.91 Å². The Morgan fingerprint density at radius 3 is 2.64 bits per heavy atom. The lowest BCUT2D eigenvalue weighted by Crippen LogP contribution is -2.57. The Kier molecular flexibility index (Phi) is 6.51. The van der Waals surface area contributed by atoms with Crippen LogP contribution in [0, 0.1) is 11.8 Å². The Balaban J connectivity index is 1.34. The highest BCUT2D eigenvalue weighted by molar-refractivity contribution is 5.77. The predicted molar refractivity (Wildman–Crippen MR) is 116 cm³/mol. The van der Waals surface area contributed by atoms with Crippen LogP contribution in [0.1, 0.15) is 63.9 Å². The fourth-order valence-electron chi connectivity index (χ4n) is 5.69. The summed E-state index contributed by atoms with van der Waals surface area (Å²) in [6.45, 7) is 6.61. The minimum Gasteiger partial charge on any atom is -0.339 e. The van der Waals surface area contributed by atoms with E-state index in [4.69, 9.17) is 0 Å². The molecule has 1 saturated carbocycles. The summed E-state index contributed by atoms with van der Waals surface area (Å²) in [5.74, 6) is 1.85. The van der Waals surface area contributed by atoms with Crippen LogP contribution in [0.3, 0.4) is 0 Å². The van der Waals surface area contributed by atoms with E-state index in [9.17, 15) is 4.79 Å². The van der Waals surface area contributed by atoms with E-state index < -0.39 is 0 Å². The lowest BCUT2D eigenvalue weighted by atomic mass is 9.81. The van der Waals surface area contributed by atoms with E-state index in [0.29, 0.717) is 17.9 Å². The highest BCUT2D eigenvalue weighted by Crippen LogP contribution is 2.34. The van der Waals surface area contributed by atoms with Gasteiger partial charge in [0.15, 0.2) is 0 Å². The van der Waals surface area contributed by atoms with Crippen LogP contribution in [0.2, 0.25) is 0 Å². The third-order valence-electron chi connectivity index (χ3n) is 7.09. The largest absolute Gasteiger partial charge is 0.339 e. The quantitative estimate of drug-likeness (QED) is 0.719. The summed E-state index contributed by atoms with van der Waals surface area (Å²) in [6.07, 6.45) is 12.1.